The fraction of sp³-hybridized carbons (Fsp3) is 0.333. The maximum absolute atomic E-state index is 13.1. The van der Waals surface area contributed by atoms with Gasteiger partial charge in [-0.25, -0.2) is 4.79 Å². The third kappa shape index (κ3) is 4.39. The van der Waals surface area contributed by atoms with E-state index in [-0.39, 0.29) is 25.0 Å². The first-order valence-corrected chi connectivity index (χ1v) is 10.5. The van der Waals surface area contributed by atoms with Crippen LogP contribution in [0, 0.1) is 0 Å². The number of likely N-dealkylation sites (tertiary alicyclic amines) is 1. The lowest BCUT2D eigenvalue weighted by molar-refractivity contribution is -0.157. The van der Waals surface area contributed by atoms with E-state index in [1.807, 2.05) is 17.0 Å². The molecule has 7 nitrogen and oxygen atoms in total. The van der Waals surface area contributed by atoms with E-state index in [0.29, 0.717) is 42.1 Å². The molecule has 1 saturated heterocycles. The fourth-order valence-electron chi connectivity index (χ4n) is 4.37. The van der Waals surface area contributed by atoms with Gasteiger partial charge in [0.25, 0.3) is 5.91 Å². The summed E-state index contributed by atoms with van der Waals surface area (Å²) in [5, 5.41) is 20.3. The third-order valence-electron chi connectivity index (χ3n) is 6.28. The highest BCUT2D eigenvalue weighted by atomic mass is 32.1. The number of rotatable bonds is 5. The number of benzene rings is 2. The number of piperidine rings is 1. The molecule has 2 heterocycles. The summed E-state index contributed by atoms with van der Waals surface area (Å²) in [7, 11) is 0. The number of aliphatic hydroxyl groups is 1. The highest BCUT2D eigenvalue weighted by molar-refractivity contribution is 7.59. The zero-order chi connectivity index (χ0) is 22.2. The number of nitrogens with one attached hydrogen (secondary N) is 1. The summed E-state index contributed by atoms with van der Waals surface area (Å²) in [4.78, 5) is 29.5. The van der Waals surface area contributed by atoms with Crippen molar-refractivity contribution in [1.29, 1.82) is 0 Å². The molecule has 1 amide bonds. The van der Waals surface area contributed by atoms with Crippen molar-refractivity contribution < 1.29 is 19.8 Å². The molecular weight excluding hydrogens is 426 g/mol. The van der Waals surface area contributed by atoms with E-state index in [2.05, 4.69) is 17.1 Å². The van der Waals surface area contributed by atoms with Gasteiger partial charge in [-0.3, -0.25) is 4.79 Å². The molecule has 3 aromatic rings. The van der Waals surface area contributed by atoms with Gasteiger partial charge < -0.3 is 25.8 Å². The van der Waals surface area contributed by atoms with Gasteiger partial charge in [-0.15, -0.1) is 0 Å². The third-order valence-corrected chi connectivity index (χ3v) is 6.28. The number of carboxylic acids is 1. The van der Waals surface area contributed by atoms with E-state index < -0.39 is 11.6 Å². The first-order valence-electron chi connectivity index (χ1n) is 10.5. The molecule has 1 aromatic heterocycles. The van der Waals surface area contributed by atoms with E-state index in [1.165, 1.54) is 12.5 Å². The highest BCUT2D eigenvalue weighted by Gasteiger charge is 2.34. The van der Waals surface area contributed by atoms with Crippen molar-refractivity contribution in [2.24, 2.45) is 5.73 Å². The molecule has 0 spiro atoms. The standard InChI is InChI=1S/C24H27N3O4.H2S/c1-24(31,23(29)30)19-6-3-7-20-18(19)13-21(26-20)22(28)27-10-8-16(9-11-27)17-5-2-4-15(12-17)14-25;/h2-7,12-13,16,26,31H,8-11,14,25H2,1H3,(H,29,30);1H2/t24-;/m0./s1. The average molecular weight is 456 g/mol. The Balaban J connectivity index is 0.00000289. The van der Waals surface area contributed by atoms with E-state index in [4.69, 9.17) is 5.73 Å². The van der Waals surface area contributed by atoms with Gasteiger partial charge in [0.15, 0.2) is 5.60 Å². The molecule has 1 fully saturated rings. The predicted octanol–water partition coefficient (Wildman–Crippen LogP) is 3.05. The zero-order valence-electron chi connectivity index (χ0n) is 18.0. The molecular formula is C24H29N3O4S. The van der Waals surface area contributed by atoms with Crippen molar-refractivity contribution in [2.75, 3.05) is 13.1 Å². The molecule has 5 N–H and O–H groups in total. The number of fused-ring (bicyclic) bond motifs is 1. The number of amides is 1. The van der Waals surface area contributed by atoms with Crippen molar-refractivity contribution in [3.05, 3.63) is 70.9 Å². The van der Waals surface area contributed by atoms with Crippen LogP contribution < -0.4 is 5.73 Å². The number of carboxylic acid groups (broad SMARTS) is 1. The number of nitrogens with two attached hydrogens (primary N) is 1. The van der Waals surface area contributed by atoms with Crippen LogP contribution in [-0.4, -0.2) is 45.1 Å². The smallest absolute Gasteiger partial charge is 0.340 e. The Kier molecular flexibility index (Phi) is 6.97. The molecule has 8 heteroatoms. The summed E-state index contributed by atoms with van der Waals surface area (Å²) in [6.07, 6.45) is 1.75. The summed E-state index contributed by atoms with van der Waals surface area (Å²) >= 11 is 0. The Morgan fingerprint density at radius 1 is 1.16 bits per heavy atom. The molecule has 0 radical (unpaired) electrons. The number of aliphatic carboxylic acids is 1. The van der Waals surface area contributed by atoms with Gasteiger partial charge >= 0.3 is 5.97 Å². The first-order chi connectivity index (χ1) is 14.8. The van der Waals surface area contributed by atoms with Gasteiger partial charge in [0, 0.05) is 36.1 Å². The number of carbonyl (C=O) groups excluding carboxylic acids is 1. The Bertz CT molecular complexity index is 1130. The van der Waals surface area contributed by atoms with Crippen LogP contribution in [-0.2, 0) is 16.9 Å². The van der Waals surface area contributed by atoms with Crippen LogP contribution >= 0.6 is 13.5 Å². The Morgan fingerprint density at radius 2 is 1.84 bits per heavy atom. The Labute approximate surface area is 193 Å². The monoisotopic (exact) mass is 455 g/mol. The number of aromatic amines is 1. The molecule has 32 heavy (non-hydrogen) atoms. The first kappa shape index (κ1) is 23.8. The van der Waals surface area contributed by atoms with Crippen LogP contribution in [0.15, 0.2) is 48.5 Å². The van der Waals surface area contributed by atoms with Crippen LogP contribution in [0.1, 0.15) is 52.9 Å². The zero-order valence-corrected chi connectivity index (χ0v) is 19.0. The average Bonchev–Trinajstić information content (AvgIpc) is 3.23. The second kappa shape index (κ2) is 9.36. The fourth-order valence-corrected chi connectivity index (χ4v) is 4.37. The second-order valence-corrected chi connectivity index (χ2v) is 8.34. The van der Waals surface area contributed by atoms with Crippen molar-refractivity contribution in [1.82, 2.24) is 9.88 Å². The number of carbonyl (C=O) groups is 2. The van der Waals surface area contributed by atoms with Crippen molar-refractivity contribution in [3.8, 4) is 0 Å². The van der Waals surface area contributed by atoms with Gasteiger partial charge in [0.05, 0.1) is 0 Å². The SMILES string of the molecule is C[C@@](O)(C(=O)O)c1cccc2[nH]c(C(=O)N3CCC(c4cccc(CN)c4)CC3)cc12.S. The van der Waals surface area contributed by atoms with E-state index in [9.17, 15) is 19.8 Å². The lowest BCUT2D eigenvalue weighted by Gasteiger charge is -2.32. The minimum Gasteiger partial charge on any atom is -0.479 e. The largest absolute Gasteiger partial charge is 0.479 e. The molecule has 170 valence electrons. The van der Waals surface area contributed by atoms with Crippen molar-refractivity contribution in [3.63, 3.8) is 0 Å². The normalized spacial score (nSPS) is 16.4. The molecule has 0 bridgehead atoms. The number of nitrogens with zero attached hydrogens (tertiary/aromatic N) is 1. The van der Waals surface area contributed by atoms with Crippen LogP contribution in [0.2, 0.25) is 0 Å². The molecule has 1 aliphatic heterocycles. The van der Waals surface area contributed by atoms with Crippen LogP contribution in [0.3, 0.4) is 0 Å². The van der Waals surface area contributed by atoms with Gasteiger partial charge in [0.1, 0.15) is 5.69 Å². The van der Waals surface area contributed by atoms with Gasteiger partial charge in [-0.05, 0) is 48.9 Å². The van der Waals surface area contributed by atoms with Gasteiger partial charge in [0.2, 0.25) is 0 Å². The summed E-state index contributed by atoms with van der Waals surface area (Å²) in [5.74, 6) is -1.06. The van der Waals surface area contributed by atoms with Crippen molar-refractivity contribution >= 4 is 36.3 Å². The molecule has 2 aromatic carbocycles. The van der Waals surface area contributed by atoms with Crippen molar-refractivity contribution in [2.45, 2.75) is 37.8 Å². The Hall–Kier alpha value is -2.81. The number of hydrogen-bond donors (Lipinski definition) is 4. The molecule has 1 aliphatic rings. The molecule has 0 unspecified atom stereocenters. The summed E-state index contributed by atoms with van der Waals surface area (Å²) < 4.78 is 0. The number of aromatic nitrogens is 1. The van der Waals surface area contributed by atoms with Crippen LogP contribution in [0.4, 0.5) is 0 Å². The number of hydrogen-bond acceptors (Lipinski definition) is 4. The minimum atomic E-state index is -2.04. The van der Waals surface area contributed by atoms with Crippen LogP contribution in [0.5, 0.6) is 0 Å². The highest BCUT2D eigenvalue weighted by Crippen LogP contribution is 2.32. The second-order valence-electron chi connectivity index (χ2n) is 8.34. The van der Waals surface area contributed by atoms with Crippen LogP contribution in [0.25, 0.3) is 10.9 Å². The lowest BCUT2D eigenvalue weighted by atomic mass is 9.88. The summed E-state index contributed by atoms with van der Waals surface area (Å²) in [6.45, 7) is 3.04. The van der Waals surface area contributed by atoms with E-state index in [0.717, 1.165) is 18.4 Å². The quantitative estimate of drug-likeness (QED) is 0.471. The van der Waals surface area contributed by atoms with E-state index >= 15 is 0 Å². The van der Waals surface area contributed by atoms with Gasteiger partial charge in [-0.2, -0.15) is 13.5 Å². The topological polar surface area (TPSA) is 120 Å². The molecule has 0 aliphatic carbocycles. The van der Waals surface area contributed by atoms with Gasteiger partial charge in [-0.1, -0.05) is 36.4 Å². The predicted molar refractivity (Wildman–Crippen MR) is 128 cm³/mol. The molecule has 4 rings (SSSR count). The maximum Gasteiger partial charge on any atom is 0.340 e. The molecule has 1 atom stereocenters. The minimum absolute atomic E-state index is 0. The molecule has 0 saturated carbocycles. The maximum atomic E-state index is 13.1. The summed E-state index contributed by atoms with van der Waals surface area (Å²) in [6, 6.07) is 15.0. The lowest BCUT2D eigenvalue weighted by Crippen LogP contribution is -2.38. The number of H-pyrrole nitrogens is 1. The van der Waals surface area contributed by atoms with E-state index in [1.54, 1.807) is 24.3 Å². The Morgan fingerprint density at radius 3 is 2.50 bits per heavy atom. The summed E-state index contributed by atoms with van der Waals surface area (Å²) in [5.41, 5.74) is 7.36.